The fraction of sp³-hybridized carbons (Fsp3) is 0.0870. The van der Waals surface area contributed by atoms with Crippen molar-refractivity contribution < 1.29 is 22.8 Å². The van der Waals surface area contributed by atoms with Crippen molar-refractivity contribution >= 4 is 21.6 Å². The minimum absolute atomic E-state index is 0.0151. The van der Waals surface area contributed by atoms with Crippen LogP contribution >= 0.6 is 0 Å². The fourth-order valence-corrected chi connectivity index (χ4v) is 4.12. The molecule has 0 saturated heterocycles. The van der Waals surface area contributed by atoms with Gasteiger partial charge in [0.2, 0.25) is 9.84 Å². The number of allylic oxidation sites excluding steroid dienone is 1. The fourth-order valence-electron chi connectivity index (χ4n) is 2.93. The first-order chi connectivity index (χ1) is 15.4. The van der Waals surface area contributed by atoms with Crippen LogP contribution in [-0.2, 0) is 16.4 Å². The van der Waals surface area contributed by atoms with E-state index in [0.29, 0.717) is 16.9 Å². The number of hydrogen-bond donors (Lipinski definition) is 0. The summed E-state index contributed by atoms with van der Waals surface area (Å²) >= 11 is 0. The van der Waals surface area contributed by atoms with Gasteiger partial charge in [-0.15, -0.1) is 0 Å². The molecule has 0 unspecified atom stereocenters. The van der Waals surface area contributed by atoms with Crippen LogP contribution in [0.5, 0.6) is 11.5 Å². The van der Waals surface area contributed by atoms with Gasteiger partial charge < -0.3 is 9.47 Å². The molecule has 0 heterocycles. The van der Waals surface area contributed by atoms with Crippen molar-refractivity contribution in [2.45, 2.75) is 11.5 Å². The number of hydrogen-bond acceptors (Lipinski definition) is 7. The number of nitro groups is 1. The average Bonchev–Trinajstić information content (AvgIpc) is 2.81. The molecule has 0 amide bonds. The molecule has 0 aliphatic rings. The Kier molecular flexibility index (Phi) is 6.87. The maximum Gasteiger partial charge on any atom is 0.310 e. The topological polar surface area (TPSA) is 120 Å². The van der Waals surface area contributed by atoms with Crippen molar-refractivity contribution in [1.29, 1.82) is 5.26 Å². The van der Waals surface area contributed by atoms with Crippen LogP contribution in [0, 0.1) is 21.4 Å². The van der Waals surface area contributed by atoms with Gasteiger partial charge in [0.15, 0.2) is 5.75 Å². The predicted octanol–water partition coefficient (Wildman–Crippen LogP) is 4.52. The standard InChI is InChI=1S/C23H18N2O6S/c1-30-22-12-11-17(14-20(15-24)32(28,29)19-7-3-2-4-8-19)13-18(22)16-31-23-10-6-5-9-21(23)25(26)27/h2-14H,16H2,1H3/b20-14-. The van der Waals surface area contributed by atoms with E-state index in [2.05, 4.69) is 0 Å². The highest BCUT2D eigenvalue weighted by Crippen LogP contribution is 2.29. The number of nitro benzene ring substituents is 1. The van der Waals surface area contributed by atoms with Crippen LogP contribution in [-0.4, -0.2) is 20.5 Å². The van der Waals surface area contributed by atoms with E-state index < -0.39 is 19.7 Å². The Morgan fingerprint density at radius 1 is 1.06 bits per heavy atom. The summed E-state index contributed by atoms with van der Waals surface area (Å²) in [6.07, 6.45) is 1.26. The second-order valence-electron chi connectivity index (χ2n) is 6.52. The Balaban J connectivity index is 1.94. The van der Waals surface area contributed by atoms with Crippen LogP contribution in [0.2, 0.25) is 0 Å². The summed E-state index contributed by atoms with van der Waals surface area (Å²) in [5, 5.41) is 20.7. The number of benzene rings is 3. The zero-order chi connectivity index (χ0) is 23.1. The first-order valence-corrected chi connectivity index (χ1v) is 10.8. The van der Waals surface area contributed by atoms with Gasteiger partial charge in [-0.25, -0.2) is 8.42 Å². The maximum atomic E-state index is 12.8. The van der Waals surface area contributed by atoms with Crippen LogP contribution in [0.4, 0.5) is 5.69 Å². The molecule has 0 aliphatic heterocycles. The molecule has 0 spiro atoms. The molecule has 0 bridgehead atoms. The Hall–Kier alpha value is -4.16. The summed E-state index contributed by atoms with van der Waals surface area (Å²) in [6.45, 7) is -0.0664. The van der Waals surface area contributed by atoms with E-state index in [4.69, 9.17) is 9.47 Å². The quantitative estimate of drug-likeness (QED) is 0.281. The summed E-state index contributed by atoms with van der Waals surface area (Å²) in [4.78, 5) is 10.2. The number of nitriles is 1. The highest BCUT2D eigenvalue weighted by atomic mass is 32.2. The molecule has 0 radical (unpaired) electrons. The van der Waals surface area contributed by atoms with Gasteiger partial charge in [0.1, 0.15) is 23.3 Å². The van der Waals surface area contributed by atoms with Crippen LogP contribution < -0.4 is 9.47 Å². The van der Waals surface area contributed by atoms with Gasteiger partial charge in [-0.2, -0.15) is 5.26 Å². The van der Waals surface area contributed by atoms with E-state index in [9.17, 15) is 23.8 Å². The lowest BCUT2D eigenvalue weighted by atomic mass is 10.1. The molecule has 3 aromatic carbocycles. The van der Waals surface area contributed by atoms with E-state index in [-0.39, 0.29) is 22.9 Å². The highest BCUT2D eigenvalue weighted by molar-refractivity contribution is 7.95. The molecular formula is C23H18N2O6S. The van der Waals surface area contributed by atoms with Crippen LogP contribution in [0.1, 0.15) is 11.1 Å². The number of methoxy groups -OCH3 is 1. The molecule has 3 rings (SSSR count). The van der Waals surface area contributed by atoms with E-state index in [1.165, 1.54) is 43.5 Å². The molecule has 0 N–H and O–H groups in total. The van der Waals surface area contributed by atoms with Crippen molar-refractivity contribution in [3.05, 3.63) is 98.9 Å². The third-order valence-electron chi connectivity index (χ3n) is 4.50. The zero-order valence-electron chi connectivity index (χ0n) is 17.0. The van der Waals surface area contributed by atoms with Crippen molar-refractivity contribution in [1.82, 2.24) is 0 Å². The SMILES string of the molecule is COc1ccc(/C=C(/C#N)S(=O)(=O)c2ccccc2)cc1COc1ccccc1[N+](=O)[O-]. The lowest BCUT2D eigenvalue weighted by molar-refractivity contribution is -0.385. The number of ether oxygens (including phenoxy) is 2. The number of nitrogens with zero attached hydrogens (tertiary/aromatic N) is 2. The third kappa shape index (κ3) is 4.94. The van der Waals surface area contributed by atoms with Gasteiger partial charge in [0.25, 0.3) is 0 Å². The summed E-state index contributed by atoms with van der Waals surface area (Å²) < 4.78 is 36.5. The maximum absolute atomic E-state index is 12.8. The van der Waals surface area contributed by atoms with Crippen molar-refractivity contribution in [3.8, 4) is 17.6 Å². The van der Waals surface area contributed by atoms with E-state index in [1.54, 1.807) is 48.5 Å². The average molecular weight is 450 g/mol. The van der Waals surface area contributed by atoms with Gasteiger partial charge in [-0.1, -0.05) is 36.4 Å². The Bertz CT molecular complexity index is 1310. The number of para-hydroxylation sites is 2. The predicted molar refractivity (Wildman–Crippen MR) is 118 cm³/mol. The monoisotopic (exact) mass is 450 g/mol. The summed E-state index contributed by atoms with van der Waals surface area (Å²) in [7, 11) is -2.53. The van der Waals surface area contributed by atoms with Crippen molar-refractivity contribution in [2.24, 2.45) is 0 Å². The highest BCUT2D eigenvalue weighted by Gasteiger charge is 2.21. The molecule has 8 nitrogen and oxygen atoms in total. The second kappa shape index (κ2) is 9.76. The molecular weight excluding hydrogens is 432 g/mol. The summed E-state index contributed by atoms with van der Waals surface area (Å²) in [5.74, 6) is 0.537. The molecule has 0 fully saturated rings. The van der Waals surface area contributed by atoms with Crippen LogP contribution in [0.15, 0.2) is 82.6 Å². The molecule has 0 aromatic heterocycles. The lowest BCUT2D eigenvalue weighted by Crippen LogP contribution is -2.04. The smallest absolute Gasteiger partial charge is 0.310 e. The normalized spacial score (nSPS) is 11.4. The zero-order valence-corrected chi connectivity index (χ0v) is 17.8. The van der Waals surface area contributed by atoms with Gasteiger partial charge in [0.05, 0.1) is 16.9 Å². The molecule has 0 atom stereocenters. The molecule has 0 saturated carbocycles. The van der Waals surface area contributed by atoms with E-state index >= 15 is 0 Å². The first kappa shape index (κ1) is 22.5. The van der Waals surface area contributed by atoms with E-state index in [1.807, 2.05) is 0 Å². The summed E-state index contributed by atoms with van der Waals surface area (Å²) in [6, 6.07) is 20.2. The third-order valence-corrected chi connectivity index (χ3v) is 6.18. The largest absolute Gasteiger partial charge is 0.496 e. The minimum Gasteiger partial charge on any atom is -0.496 e. The number of rotatable bonds is 8. The van der Waals surface area contributed by atoms with Crippen LogP contribution in [0.25, 0.3) is 6.08 Å². The van der Waals surface area contributed by atoms with Gasteiger partial charge in [-0.3, -0.25) is 10.1 Å². The molecule has 3 aromatic rings. The van der Waals surface area contributed by atoms with Crippen molar-refractivity contribution in [3.63, 3.8) is 0 Å². The molecule has 9 heteroatoms. The summed E-state index contributed by atoms with van der Waals surface area (Å²) in [5.41, 5.74) is 0.778. The Morgan fingerprint density at radius 2 is 1.75 bits per heavy atom. The second-order valence-corrected chi connectivity index (χ2v) is 8.44. The Labute approximate surface area is 185 Å². The minimum atomic E-state index is -3.99. The molecule has 0 aliphatic carbocycles. The van der Waals surface area contributed by atoms with Crippen LogP contribution in [0.3, 0.4) is 0 Å². The van der Waals surface area contributed by atoms with E-state index in [0.717, 1.165) is 0 Å². The Morgan fingerprint density at radius 3 is 2.41 bits per heavy atom. The molecule has 32 heavy (non-hydrogen) atoms. The lowest BCUT2D eigenvalue weighted by Gasteiger charge is -2.12. The molecule has 162 valence electrons. The van der Waals surface area contributed by atoms with Gasteiger partial charge >= 0.3 is 5.69 Å². The first-order valence-electron chi connectivity index (χ1n) is 9.32. The van der Waals surface area contributed by atoms with Gasteiger partial charge in [-0.05, 0) is 42.0 Å². The van der Waals surface area contributed by atoms with Crippen molar-refractivity contribution in [2.75, 3.05) is 7.11 Å². The number of sulfone groups is 1. The van der Waals surface area contributed by atoms with Gasteiger partial charge in [0, 0.05) is 11.6 Å².